The van der Waals surface area contributed by atoms with Gasteiger partial charge >= 0.3 is 6.09 Å². The lowest BCUT2D eigenvalue weighted by atomic mass is 9.85. The molecule has 0 radical (unpaired) electrons. The summed E-state index contributed by atoms with van der Waals surface area (Å²) in [4.78, 5) is 71.7. The summed E-state index contributed by atoms with van der Waals surface area (Å²) in [5.41, 5.74) is 6.85. The number of allylic oxidation sites excluding steroid dienone is 4. The fourth-order valence-electron chi connectivity index (χ4n) is 7.02. The molecular weight excluding hydrogens is 694 g/mol. The minimum Gasteiger partial charge on any atom is -0.439 e. The number of nitrogens with two attached hydrogens (primary N) is 1. The van der Waals surface area contributed by atoms with Crippen LogP contribution in [0.25, 0.3) is 0 Å². The molecule has 0 saturated carbocycles. The maximum Gasteiger partial charge on any atom is 0.405 e. The first-order valence-corrected chi connectivity index (χ1v) is 18.3. The number of fused-ring (bicyclic) bond motifs is 2. The number of hydrogen-bond donors (Lipinski definition) is 4. The van der Waals surface area contributed by atoms with Crippen LogP contribution < -0.4 is 16.4 Å². The highest BCUT2D eigenvalue weighted by molar-refractivity contribution is 6.23. The topological polar surface area (TPSA) is 199 Å². The van der Waals surface area contributed by atoms with Crippen LogP contribution in [0.3, 0.4) is 0 Å². The van der Waals surface area contributed by atoms with E-state index >= 15 is 0 Å². The fourth-order valence-corrected chi connectivity index (χ4v) is 7.02. The number of rotatable bonds is 7. The molecule has 3 amide bonds. The van der Waals surface area contributed by atoms with Gasteiger partial charge in [0.05, 0.1) is 23.6 Å². The number of hydrogen-bond acceptors (Lipinski definition) is 11. The predicted molar refractivity (Wildman–Crippen MR) is 200 cm³/mol. The van der Waals surface area contributed by atoms with E-state index in [0.717, 1.165) is 6.08 Å². The van der Waals surface area contributed by atoms with E-state index in [-0.39, 0.29) is 46.7 Å². The summed E-state index contributed by atoms with van der Waals surface area (Å²) in [6.07, 6.45) is 6.62. The van der Waals surface area contributed by atoms with Crippen molar-refractivity contribution in [3.8, 4) is 0 Å². The van der Waals surface area contributed by atoms with E-state index in [0.29, 0.717) is 50.2 Å². The van der Waals surface area contributed by atoms with Gasteiger partial charge in [-0.3, -0.25) is 24.2 Å². The summed E-state index contributed by atoms with van der Waals surface area (Å²) in [7, 11) is 2.92. The molecule has 1 fully saturated rings. The average Bonchev–Trinajstić information content (AvgIpc) is 3.15. The Bertz CT molecular complexity index is 1710. The first-order chi connectivity index (χ1) is 25.7. The molecule has 4 rings (SSSR count). The number of methoxy groups -OCH3 is 2. The molecule has 0 aromatic carbocycles. The third kappa shape index (κ3) is 10.8. The summed E-state index contributed by atoms with van der Waals surface area (Å²) in [6.45, 7) is 8.48. The molecule has 5 N–H and O–H groups in total. The quantitative estimate of drug-likeness (QED) is 0.236. The van der Waals surface area contributed by atoms with Crippen molar-refractivity contribution in [1.29, 1.82) is 0 Å². The van der Waals surface area contributed by atoms with Crippen LogP contribution in [0.4, 0.5) is 4.79 Å². The van der Waals surface area contributed by atoms with Gasteiger partial charge in [-0.1, -0.05) is 44.2 Å². The maximum absolute atomic E-state index is 14.1. The number of carbonyl (C=O) groups excluding carboxylic acids is 5. The van der Waals surface area contributed by atoms with Crippen molar-refractivity contribution in [2.24, 2.45) is 23.5 Å². The lowest BCUT2D eigenvalue weighted by Crippen LogP contribution is -2.42. The fraction of sp³-hybridized carbons (Fsp3) is 0.500. The second-order valence-corrected chi connectivity index (χ2v) is 14.3. The van der Waals surface area contributed by atoms with Gasteiger partial charge in [0, 0.05) is 63.2 Å². The molecule has 14 heteroatoms. The Balaban J connectivity index is 1.60. The van der Waals surface area contributed by atoms with Gasteiger partial charge in [0.2, 0.25) is 11.6 Å². The molecule has 292 valence electrons. The van der Waals surface area contributed by atoms with Crippen molar-refractivity contribution in [2.75, 3.05) is 33.9 Å². The Hall–Kier alpha value is -4.92. The normalized spacial score (nSPS) is 29.3. The van der Waals surface area contributed by atoms with Crippen LogP contribution in [-0.2, 0) is 28.6 Å². The van der Waals surface area contributed by atoms with Crippen LogP contribution in [0.5, 0.6) is 0 Å². The number of likely N-dealkylation sites (tertiary alicyclic amines) is 1. The molecular formula is C40H53N5O9. The number of primary amides is 1. The SMILES string of the molecule is CO[C@H]1/C=C\C=C(/C)C(=O)NC2=CC(=O)C(NCC3CCN(C(=O)c4ccccn4)CC3)=C(C[C@@H](C)C[C@H](OC)[C@H](O)[C@@H](C)/C=C(\C)[C@@H]1OC(N)=O)C2=O. The third-order valence-electron chi connectivity index (χ3n) is 10.1. The molecule has 1 aromatic heterocycles. The predicted octanol–water partition coefficient (Wildman–Crippen LogP) is 3.30. The van der Waals surface area contributed by atoms with Crippen molar-refractivity contribution >= 4 is 29.5 Å². The number of nitrogens with zero attached hydrogens (tertiary/aromatic N) is 2. The molecule has 0 spiro atoms. The zero-order valence-corrected chi connectivity index (χ0v) is 31.9. The summed E-state index contributed by atoms with van der Waals surface area (Å²) < 4.78 is 16.8. The Labute approximate surface area is 316 Å². The number of amides is 3. The van der Waals surface area contributed by atoms with Crippen LogP contribution in [0, 0.1) is 17.8 Å². The Morgan fingerprint density at radius 3 is 2.44 bits per heavy atom. The second kappa shape index (κ2) is 19.4. The maximum atomic E-state index is 14.1. The Morgan fingerprint density at radius 1 is 1.09 bits per heavy atom. The molecule has 1 aliphatic carbocycles. The van der Waals surface area contributed by atoms with Gasteiger partial charge in [0.25, 0.3) is 11.8 Å². The number of nitrogens with one attached hydrogen (secondary N) is 2. The minimum absolute atomic E-state index is 0.122. The van der Waals surface area contributed by atoms with Gasteiger partial charge in [-0.2, -0.15) is 0 Å². The number of aliphatic hydroxyl groups is 1. The first-order valence-electron chi connectivity index (χ1n) is 18.3. The zero-order chi connectivity index (χ0) is 39.5. The zero-order valence-electron chi connectivity index (χ0n) is 31.9. The highest BCUT2D eigenvalue weighted by atomic mass is 16.6. The molecule has 1 saturated heterocycles. The van der Waals surface area contributed by atoms with Crippen LogP contribution >= 0.6 is 0 Å². The number of aromatic nitrogens is 1. The van der Waals surface area contributed by atoms with E-state index in [1.165, 1.54) is 20.3 Å². The van der Waals surface area contributed by atoms with Crippen LogP contribution in [0.15, 0.2) is 82.9 Å². The highest BCUT2D eigenvalue weighted by Gasteiger charge is 2.34. The van der Waals surface area contributed by atoms with E-state index in [2.05, 4.69) is 15.6 Å². The van der Waals surface area contributed by atoms with Crippen molar-refractivity contribution < 1.29 is 43.3 Å². The van der Waals surface area contributed by atoms with Crippen LogP contribution in [0.1, 0.15) is 63.9 Å². The van der Waals surface area contributed by atoms with E-state index in [4.69, 9.17) is 19.9 Å². The largest absolute Gasteiger partial charge is 0.439 e. The molecule has 6 atom stereocenters. The van der Waals surface area contributed by atoms with Gasteiger partial charge < -0.3 is 40.6 Å². The number of ketones is 2. The summed E-state index contributed by atoms with van der Waals surface area (Å²) in [6, 6.07) is 5.23. The van der Waals surface area contributed by atoms with Crippen LogP contribution in [0.2, 0.25) is 0 Å². The van der Waals surface area contributed by atoms with Gasteiger partial charge in [-0.15, -0.1) is 0 Å². The summed E-state index contributed by atoms with van der Waals surface area (Å²) in [5.74, 6) is -2.22. The average molecular weight is 748 g/mol. The number of pyridine rings is 1. The van der Waals surface area contributed by atoms with Gasteiger partial charge in [0.1, 0.15) is 11.8 Å². The van der Waals surface area contributed by atoms with E-state index < -0.39 is 53.9 Å². The Morgan fingerprint density at radius 2 is 1.81 bits per heavy atom. The van der Waals surface area contributed by atoms with Crippen LogP contribution in [-0.4, -0.2) is 103 Å². The van der Waals surface area contributed by atoms with E-state index in [1.54, 1.807) is 68.3 Å². The smallest absolute Gasteiger partial charge is 0.405 e. The molecule has 3 aliphatic rings. The van der Waals surface area contributed by atoms with Gasteiger partial charge in [0.15, 0.2) is 6.10 Å². The van der Waals surface area contributed by atoms with Crippen molar-refractivity contribution in [1.82, 2.24) is 20.5 Å². The monoisotopic (exact) mass is 747 g/mol. The van der Waals surface area contributed by atoms with Crippen molar-refractivity contribution in [3.63, 3.8) is 0 Å². The van der Waals surface area contributed by atoms with E-state index in [1.807, 2.05) is 6.92 Å². The molecule has 2 aliphatic heterocycles. The standard InChI is InChI=1S/C40H53N5O9/c1-23-18-28-34(43-22-27-13-16-45(17-14-27)39(50)29-11-7-8-15-42-29)31(46)21-30(36(28)48)44-38(49)24(2)10-9-12-32(52-5)37(54-40(41)51)26(4)20-25(3)35(47)33(19-23)53-6/h7-12,15,20-21,23,25,27,32-33,35,37,43,47H,13-14,16-19,22H2,1-6H3,(H2,41,51)(H,44,49)/b12-9-,24-10+,26-20+/t23-,25+,32+,33+,35-,37+/m1/s1. The molecule has 14 nitrogen and oxygen atoms in total. The number of aliphatic hydroxyl groups excluding tert-OH is 1. The Kier molecular flexibility index (Phi) is 15.0. The summed E-state index contributed by atoms with van der Waals surface area (Å²) >= 11 is 0. The third-order valence-corrected chi connectivity index (χ3v) is 10.1. The highest BCUT2D eigenvalue weighted by Crippen LogP contribution is 2.29. The second-order valence-electron chi connectivity index (χ2n) is 14.3. The minimum atomic E-state index is -1.01. The van der Waals surface area contributed by atoms with Crippen molar-refractivity contribution in [3.05, 3.63) is 88.6 Å². The first kappa shape index (κ1) is 41.8. The summed E-state index contributed by atoms with van der Waals surface area (Å²) in [5, 5.41) is 17.3. The molecule has 2 bridgehead atoms. The van der Waals surface area contributed by atoms with Gasteiger partial charge in [-0.05, 0) is 69.1 Å². The molecule has 1 aromatic rings. The molecule has 3 heterocycles. The lowest BCUT2D eigenvalue weighted by molar-refractivity contribution is -0.120. The number of piperidine rings is 1. The molecule has 54 heavy (non-hydrogen) atoms. The number of ether oxygens (including phenoxy) is 3. The van der Waals surface area contributed by atoms with Crippen molar-refractivity contribution in [2.45, 2.75) is 77.8 Å². The van der Waals surface area contributed by atoms with E-state index in [9.17, 15) is 29.1 Å². The van der Waals surface area contributed by atoms with Gasteiger partial charge in [-0.25, -0.2) is 4.79 Å². The number of carbonyl (C=O) groups is 5. The number of Topliss-reactive ketones (excluding diaryl/α,β-unsaturated/α-hetero) is 1. The lowest BCUT2D eigenvalue weighted by Gasteiger charge is -2.33. The molecule has 0 unspecified atom stereocenters.